The van der Waals surface area contributed by atoms with Gasteiger partial charge in [0.1, 0.15) is 5.75 Å². The summed E-state index contributed by atoms with van der Waals surface area (Å²) >= 11 is 0. The van der Waals surface area contributed by atoms with E-state index in [4.69, 9.17) is 9.94 Å². The Morgan fingerprint density at radius 2 is 2.29 bits per heavy atom. The maximum absolute atomic E-state index is 11.7. The van der Waals surface area contributed by atoms with Crippen LogP contribution >= 0.6 is 0 Å². The number of aryl methyl sites for hydroxylation is 1. The molecule has 0 fully saturated rings. The highest BCUT2D eigenvalue weighted by Crippen LogP contribution is 2.25. The van der Waals surface area contributed by atoms with Crippen molar-refractivity contribution in [2.45, 2.75) is 45.6 Å². The van der Waals surface area contributed by atoms with Crippen LogP contribution < -0.4 is 10.1 Å². The first-order valence-corrected chi connectivity index (χ1v) is 7.40. The normalized spacial score (nSPS) is 17.1. The van der Waals surface area contributed by atoms with Gasteiger partial charge in [-0.25, -0.2) is 0 Å². The molecule has 1 amide bonds. The Bertz CT molecular complexity index is 540. The van der Waals surface area contributed by atoms with E-state index in [1.54, 1.807) is 0 Å². The Balaban J connectivity index is 2.00. The van der Waals surface area contributed by atoms with Gasteiger partial charge in [-0.2, -0.15) is 0 Å². The molecular formula is C16H22N2O3. The van der Waals surface area contributed by atoms with Crippen LogP contribution in [0.1, 0.15) is 44.2 Å². The topological polar surface area (TPSA) is 70.9 Å². The van der Waals surface area contributed by atoms with Gasteiger partial charge in [0, 0.05) is 11.6 Å². The van der Waals surface area contributed by atoms with Gasteiger partial charge < -0.3 is 15.3 Å². The lowest BCUT2D eigenvalue weighted by molar-refractivity contribution is -0.123. The van der Waals surface area contributed by atoms with Crippen molar-refractivity contribution in [3.8, 4) is 5.75 Å². The number of ether oxygens (including phenoxy) is 1. The Labute approximate surface area is 125 Å². The quantitative estimate of drug-likeness (QED) is 0.646. The number of hydrogen-bond acceptors (Lipinski definition) is 4. The molecule has 5 heteroatoms. The second-order valence-electron chi connectivity index (χ2n) is 5.38. The lowest BCUT2D eigenvalue weighted by Gasteiger charge is -2.18. The second kappa shape index (κ2) is 7.11. The van der Waals surface area contributed by atoms with Crippen LogP contribution in [-0.4, -0.2) is 29.5 Å². The number of benzene rings is 1. The first kappa shape index (κ1) is 15.4. The number of fused-ring (bicyclic) bond motifs is 1. The molecular weight excluding hydrogens is 268 g/mol. The molecule has 21 heavy (non-hydrogen) atoms. The molecule has 0 aromatic heterocycles. The number of nitrogens with zero attached hydrogens (tertiary/aromatic N) is 1. The zero-order chi connectivity index (χ0) is 15.2. The minimum Gasteiger partial charge on any atom is -0.484 e. The fourth-order valence-electron chi connectivity index (χ4n) is 2.38. The monoisotopic (exact) mass is 290 g/mol. The molecule has 0 heterocycles. The van der Waals surface area contributed by atoms with E-state index in [1.165, 1.54) is 0 Å². The largest absolute Gasteiger partial charge is 0.484 e. The SMILES string of the molecule is CCC(C)NC(=O)COc1ccc2c(c1)/C(=N\O)CCC2. The number of nitrogens with one attached hydrogen (secondary N) is 1. The summed E-state index contributed by atoms with van der Waals surface area (Å²) in [6.45, 7) is 3.97. The van der Waals surface area contributed by atoms with E-state index in [0.29, 0.717) is 11.5 Å². The molecule has 0 saturated heterocycles. The first-order chi connectivity index (χ1) is 10.1. The highest BCUT2D eigenvalue weighted by molar-refractivity contribution is 6.02. The van der Waals surface area contributed by atoms with Crippen LogP contribution in [0.2, 0.25) is 0 Å². The first-order valence-electron chi connectivity index (χ1n) is 7.40. The zero-order valence-electron chi connectivity index (χ0n) is 12.6. The van der Waals surface area contributed by atoms with Crippen molar-refractivity contribution in [3.05, 3.63) is 29.3 Å². The van der Waals surface area contributed by atoms with Gasteiger partial charge in [0.05, 0.1) is 5.71 Å². The maximum Gasteiger partial charge on any atom is 0.258 e. The number of oxime groups is 1. The highest BCUT2D eigenvalue weighted by atomic mass is 16.5. The minimum atomic E-state index is -0.127. The van der Waals surface area contributed by atoms with Gasteiger partial charge in [-0.1, -0.05) is 18.1 Å². The van der Waals surface area contributed by atoms with Crippen LogP contribution in [0.4, 0.5) is 0 Å². The van der Waals surface area contributed by atoms with E-state index >= 15 is 0 Å². The second-order valence-corrected chi connectivity index (χ2v) is 5.38. The Morgan fingerprint density at radius 3 is 3.00 bits per heavy atom. The summed E-state index contributed by atoms with van der Waals surface area (Å²) in [6.07, 6.45) is 3.62. The van der Waals surface area contributed by atoms with Crippen LogP contribution in [0, 0.1) is 0 Å². The summed E-state index contributed by atoms with van der Waals surface area (Å²) in [5.74, 6) is 0.495. The lowest BCUT2D eigenvalue weighted by Crippen LogP contribution is -2.35. The van der Waals surface area contributed by atoms with Crippen LogP contribution in [0.3, 0.4) is 0 Å². The van der Waals surface area contributed by atoms with Crippen LogP contribution in [0.25, 0.3) is 0 Å². The number of carbonyl (C=O) groups excluding carboxylic acids is 1. The van der Waals surface area contributed by atoms with Gasteiger partial charge in [-0.15, -0.1) is 0 Å². The molecule has 1 aliphatic carbocycles. The summed E-state index contributed by atoms with van der Waals surface area (Å²) in [7, 11) is 0. The predicted molar refractivity (Wildman–Crippen MR) is 81.1 cm³/mol. The van der Waals surface area contributed by atoms with E-state index in [9.17, 15) is 4.79 Å². The summed E-state index contributed by atoms with van der Waals surface area (Å²) < 4.78 is 5.52. The van der Waals surface area contributed by atoms with Crippen molar-refractivity contribution in [1.29, 1.82) is 0 Å². The standard InChI is InChI=1S/C16H22N2O3/c1-3-11(2)17-16(19)10-21-13-8-7-12-5-4-6-15(18-20)14(12)9-13/h7-9,11,20H,3-6,10H2,1-2H3,(H,17,19)/b18-15-. The summed E-state index contributed by atoms with van der Waals surface area (Å²) in [6, 6.07) is 5.83. The zero-order valence-corrected chi connectivity index (χ0v) is 12.6. The molecule has 0 spiro atoms. The fraction of sp³-hybridized carbons (Fsp3) is 0.500. The third-order valence-electron chi connectivity index (χ3n) is 3.76. The van der Waals surface area contributed by atoms with Crippen molar-refractivity contribution in [1.82, 2.24) is 5.32 Å². The minimum absolute atomic E-state index is 0.00523. The molecule has 1 aliphatic rings. The average molecular weight is 290 g/mol. The van der Waals surface area contributed by atoms with E-state index in [-0.39, 0.29) is 18.6 Å². The van der Waals surface area contributed by atoms with Crippen LogP contribution in [0.5, 0.6) is 5.75 Å². The molecule has 0 aliphatic heterocycles. The van der Waals surface area contributed by atoms with Crippen molar-refractivity contribution >= 4 is 11.6 Å². The van der Waals surface area contributed by atoms with Gasteiger partial charge in [0.15, 0.2) is 6.61 Å². The van der Waals surface area contributed by atoms with Gasteiger partial charge in [-0.3, -0.25) is 4.79 Å². The Kier molecular flexibility index (Phi) is 5.20. The highest BCUT2D eigenvalue weighted by Gasteiger charge is 2.17. The molecule has 0 saturated carbocycles. The fourth-order valence-corrected chi connectivity index (χ4v) is 2.38. The molecule has 2 rings (SSSR count). The third kappa shape index (κ3) is 3.97. The van der Waals surface area contributed by atoms with Gasteiger partial charge in [0.2, 0.25) is 0 Å². The predicted octanol–water partition coefficient (Wildman–Crippen LogP) is 2.49. The van der Waals surface area contributed by atoms with Crippen LogP contribution in [-0.2, 0) is 11.2 Å². The lowest BCUT2D eigenvalue weighted by atomic mass is 9.90. The molecule has 2 N–H and O–H groups in total. The van der Waals surface area contributed by atoms with Crippen LogP contribution in [0.15, 0.2) is 23.4 Å². The summed E-state index contributed by atoms with van der Waals surface area (Å²) in [4.78, 5) is 11.7. The Hall–Kier alpha value is -2.04. The average Bonchev–Trinajstić information content (AvgIpc) is 2.51. The van der Waals surface area contributed by atoms with E-state index < -0.39 is 0 Å². The molecule has 1 aromatic rings. The van der Waals surface area contributed by atoms with E-state index in [0.717, 1.165) is 36.8 Å². The molecule has 1 aromatic carbocycles. The van der Waals surface area contributed by atoms with Crippen molar-refractivity contribution in [2.24, 2.45) is 5.16 Å². The van der Waals surface area contributed by atoms with Gasteiger partial charge in [0.25, 0.3) is 5.91 Å². The molecule has 0 radical (unpaired) electrons. The number of carbonyl (C=O) groups is 1. The smallest absolute Gasteiger partial charge is 0.258 e. The van der Waals surface area contributed by atoms with E-state index in [1.807, 2.05) is 32.0 Å². The summed E-state index contributed by atoms with van der Waals surface area (Å²) in [5, 5.41) is 15.3. The van der Waals surface area contributed by atoms with Gasteiger partial charge in [-0.05, 0) is 50.3 Å². The van der Waals surface area contributed by atoms with Crippen molar-refractivity contribution < 1.29 is 14.7 Å². The number of amides is 1. The van der Waals surface area contributed by atoms with Crippen molar-refractivity contribution in [3.63, 3.8) is 0 Å². The maximum atomic E-state index is 11.7. The number of rotatable bonds is 5. The Morgan fingerprint density at radius 1 is 1.48 bits per heavy atom. The van der Waals surface area contributed by atoms with E-state index in [2.05, 4.69) is 10.5 Å². The molecule has 1 unspecified atom stereocenters. The third-order valence-corrected chi connectivity index (χ3v) is 3.76. The molecule has 5 nitrogen and oxygen atoms in total. The molecule has 114 valence electrons. The van der Waals surface area contributed by atoms with Crippen molar-refractivity contribution in [2.75, 3.05) is 6.61 Å². The van der Waals surface area contributed by atoms with Gasteiger partial charge >= 0.3 is 0 Å². The molecule has 1 atom stereocenters. The summed E-state index contributed by atoms with van der Waals surface area (Å²) in [5.41, 5.74) is 2.76. The number of hydrogen-bond donors (Lipinski definition) is 2. The molecule has 0 bridgehead atoms.